The Balaban J connectivity index is 1.96. The van der Waals surface area contributed by atoms with Crippen molar-refractivity contribution < 1.29 is 0 Å². The highest BCUT2D eigenvalue weighted by atomic mass is 14.6. The van der Waals surface area contributed by atoms with Gasteiger partial charge < -0.3 is 0 Å². The molecule has 1 nitrogen and oxygen atoms in total. The average Bonchev–Trinajstić information content (AvgIpc) is 2.29. The molecule has 0 N–H and O–H groups in total. The molecule has 1 heterocycles. The van der Waals surface area contributed by atoms with Crippen molar-refractivity contribution in [2.45, 2.75) is 6.42 Å². The van der Waals surface area contributed by atoms with Gasteiger partial charge in [-0.05, 0) is 30.0 Å². The minimum Gasteiger partial charge on any atom is -0.264 e. The van der Waals surface area contributed by atoms with Crippen molar-refractivity contribution >= 4 is 0 Å². The molecule has 0 spiro atoms. The first-order valence-electron chi connectivity index (χ1n) is 4.72. The molecule has 0 unspecified atom stereocenters. The smallest absolute Gasteiger partial charge is 0.0300 e. The topological polar surface area (TPSA) is 12.9 Å². The molecule has 1 aromatic heterocycles. The summed E-state index contributed by atoms with van der Waals surface area (Å²) >= 11 is 0. The predicted molar refractivity (Wildman–Crippen MR) is 57.8 cm³/mol. The largest absolute Gasteiger partial charge is 0.264 e. The van der Waals surface area contributed by atoms with Crippen LogP contribution < -0.4 is 0 Å². The molecule has 69 valence electrons. The second kappa shape index (κ2) is 4.56. The van der Waals surface area contributed by atoms with Gasteiger partial charge in [-0.15, -0.1) is 0 Å². The molecule has 0 aliphatic rings. The zero-order chi connectivity index (χ0) is 9.64. The molecule has 0 bridgehead atoms. The monoisotopic (exact) mass is 182 g/mol. The molecule has 2 rings (SSSR count). The first-order valence-corrected chi connectivity index (χ1v) is 4.72. The summed E-state index contributed by atoms with van der Waals surface area (Å²) in [6, 6.07) is 14.4. The summed E-state index contributed by atoms with van der Waals surface area (Å²) in [4.78, 5) is 4.08. The molecule has 0 aliphatic carbocycles. The Morgan fingerprint density at radius 1 is 1.00 bits per heavy atom. The summed E-state index contributed by atoms with van der Waals surface area (Å²) in [6.07, 6.45) is 6.85. The van der Waals surface area contributed by atoms with Crippen LogP contribution in [-0.2, 0) is 6.42 Å². The van der Waals surface area contributed by atoms with Crippen LogP contribution in [0.15, 0.2) is 54.9 Å². The number of benzene rings is 1. The van der Waals surface area contributed by atoms with Crippen molar-refractivity contribution in [2.24, 2.45) is 0 Å². The molecule has 14 heavy (non-hydrogen) atoms. The van der Waals surface area contributed by atoms with Gasteiger partial charge in [-0.25, -0.2) is 0 Å². The summed E-state index contributed by atoms with van der Waals surface area (Å²) in [7, 11) is 0. The Kier molecular flexibility index (Phi) is 2.92. The fourth-order valence-corrected chi connectivity index (χ4v) is 1.34. The van der Waals surface area contributed by atoms with Gasteiger partial charge in [-0.2, -0.15) is 0 Å². The highest BCUT2D eigenvalue weighted by Gasteiger charge is 1.94. The van der Waals surface area contributed by atoms with E-state index in [-0.39, 0.29) is 0 Å². The number of pyridine rings is 1. The highest BCUT2D eigenvalue weighted by Crippen LogP contribution is 2.07. The van der Waals surface area contributed by atoms with Crippen LogP contribution >= 0.6 is 0 Å². The van der Waals surface area contributed by atoms with E-state index in [0.29, 0.717) is 0 Å². The number of hydrogen-bond acceptors (Lipinski definition) is 1. The lowest BCUT2D eigenvalue weighted by molar-refractivity contribution is 1.13. The lowest BCUT2D eigenvalue weighted by Crippen LogP contribution is -1.88. The molecular formula is C13H12N. The van der Waals surface area contributed by atoms with E-state index < -0.39 is 0 Å². The van der Waals surface area contributed by atoms with Gasteiger partial charge in [0, 0.05) is 12.4 Å². The Morgan fingerprint density at radius 2 is 1.86 bits per heavy atom. The van der Waals surface area contributed by atoms with E-state index in [1.165, 1.54) is 11.1 Å². The van der Waals surface area contributed by atoms with Crippen molar-refractivity contribution in [2.75, 3.05) is 0 Å². The fraction of sp³-hybridized carbons (Fsp3) is 0.0769. The molecule has 2 aromatic rings. The van der Waals surface area contributed by atoms with E-state index in [1.807, 2.05) is 18.3 Å². The second-order valence-electron chi connectivity index (χ2n) is 3.18. The van der Waals surface area contributed by atoms with Crippen LogP contribution in [0, 0.1) is 6.42 Å². The number of aromatic nitrogens is 1. The van der Waals surface area contributed by atoms with Crippen molar-refractivity contribution in [1.82, 2.24) is 4.98 Å². The molecule has 0 aliphatic heterocycles. The predicted octanol–water partition coefficient (Wildman–Crippen LogP) is 2.88. The molecule has 0 atom stereocenters. The Hall–Kier alpha value is -1.63. The summed E-state index contributed by atoms with van der Waals surface area (Å²) in [5, 5.41) is 0. The van der Waals surface area contributed by atoms with Crippen LogP contribution in [-0.4, -0.2) is 4.98 Å². The van der Waals surface area contributed by atoms with E-state index in [4.69, 9.17) is 0 Å². The first-order chi connectivity index (χ1) is 6.95. The average molecular weight is 182 g/mol. The standard InChI is InChI=1S/C13H12N/c1-2-5-12(6-3-1)8-9-13-7-4-10-14-11-13/h1-8,10-11H,9H2. The van der Waals surface area contributed by atoms with E-state index in [1.54, 1.807) is 6.20 Å². The van der Waals surface area contributed by atoms with E-state index in [2.05, 4.69) is 41.7 Å². The highest BCUT2D eigenvalue weighted by molar-refractivity contribution is 5.25. The molecular weight excluding hydrogens is 170 g/mol. The lowest BCUT2D eigenvalue weighted by Gasteiger charge is -2.00. The number of nitrogens with zero attached hydrogens (tertiary/aromatic N) is 1. The van der Waals surface area contributed by atoms with Crippen molar-refractivity contribution in [3.63, 3.8) is 0 Å². The summed E-state index contributed by atoms with van der Waals surface area (Å²) in [5.74, 6) is 0. The zero-order valence-electron chi connectivity index (χ0n) is 7.93. The van der Waals surface area contributed by atoms with Crippen molar-refractivity contribution in [3.05, 3.63) is 72.4 Å². The Bertz CT molecular complexity index is 327. The molecule has 1 aromatic carbocycles. The van der Waals surface area contributed by atoms with E-state index in [0.717, 1.165) is 6.42 Å². The number of hydrogen-bond donors (Lipinski definition) is 0. The first kappa shape index (κ1) is 8.95. The van der Waals surface area contributed by atoms with Gasteiger partial charge >= 0.3 is 0 Å². The van der Waals surface area contributed by atoms with Gasteiger partial charge in [0.1, 0.15) is 0 Å². The number of rotatable bonds is 3. The quantitative estimate of drug-likeness (QED) is 0.711. The van der Waals surface area contributed by atoms with Crippen molar-refractivity contribution in [1.29, 1.82) is 0 Å². The molecule has 1 heteroatoms. The summed E-state index contributed by atoms with van der Waals surface area (Å²) in [6.45, 7) is 0. The molecule has 0 amide bonds. The fourth-order valence-electron chi connectivity index (χ4n) is 1.34. The third-order valence-electron chi connectivity index (χ3n) is 2.10. The third kappa shape index (κ3) is 2.43. The summed E-state index contributed by atoms with van der Waals surface area (Å²) in [5.41, 5.74) is 2.51. The van der Waals surface area contributed by atoms with Crippen molar-refractivity contribution in [3.8, 4) is 0 Å². The molecule has 0 saturated carbocycles. The van der Waals surface area contributed by atoms with Crippen LogP contribution in [0.1, 0.15) is 11.1 Å². The van der Waals surface area contributed by atoms with Crippen LogP contribution in [0.25, 0.3) is 0 Å². The molecule has 0 saturated heterocycles. The zero-order valence-corrected chi connectivity index (χ0v) is 7.93. The minimum absolute atomic E-state index is 0.942. The van der Waals surface area contributed by atoms with E-state index >= 15 is 0 Å². The second-order valence-corrected chi connectivity index (χ2v) is 3.18. The maximum Gasteiger partial charge on any atom is 0.0300 e. The maximum absolute atomic E-state index is 4.08. The van der Waals surface area contributed by atoms with Crippen LogP contribution in [0.3, 0.4) is 0 Å². The molecule has 1 radical (unpaired) electrons. The van der Waals surface area contributed by atoms with Crippen LogP contribution in [0.2, 0.25) is 0 Å². The lowest BCUT2D eigenvalue weighted by atomic mass is 10.1. The van der Waals surface area contributed by atoms with Gasteiger partial charge in [0.25, 0.3) is 0 Å². The Labute approximate surface area is 84.4 Å². The van der Waals surface area contributed by atoms with Gasteiger partial charge in [0.2, 0.25) is 0 Å². The van der Waals surface area contributed by atoms with Gasteiger partial charge in [-0.3, -0.25) is 4.98 Å². The van der Waals surface area contributed by atoms with E-state index in [9.17, 15) is 0 Å². The SMILES string of the molecule is [CH](Cc1cccnc1)c1ccccc1. The minimum atomic E-state index is 0.942. The normalized spacial score (nSPS) is 10.0. The Morgan fingerprint density at radius 3 is 2.57 bits per heavy atom. The molecule has 0 fully saturated rings. The third-order valence-corrected chi connectivity index (χ3v) is 2.10. The van der Waals surface area contributed by atoms with Gasteiger partial charge in [0.15, 0.2) is 0 Å². The summed E-state index contributed by atoms with van der Waals surface area (Å²) < 4.78 is 0. The van der Waals surface area contributed by atoms with Gasteiger partial charge in [0.05, 0.1) is 0 Å². The van der Waals surface area contributed by atoms with Gasteiger partial charge in [-0.1, -0.05) is 36.4 Å². The van der Waals surface area contributed by atoms with Crippen LogP contribution in [0.4, 0.5) is 0 Å². The maximum atomic E-state index is 4.08. The van der Waals surface area contributed by atoms with Crippen LogP contribution in [0.5, 0.6) is 0 Å².